The molecule has 0 amide bonds. The fourth-order valence-corrected chi connectivity index (χ4v) is 2.65. The molecule has 0 saturated carbocycles. The van der Waals surface area contributed by atoms with E-state index in [1.807, 2.05) is 0 Å². The number of alkyl halides is 1. The number of nitrogens with one attached hydrogen (secondary N) is 1. The highest BCUT2D eigenvalue weighted by molar-refractivity contribution is 9.10. The molecule has 1 aromatic carbocycles. The van der Waals surface area contributed by atoms with Crippen LogP contribution in [0.25, 0.3) is 0 Å². The van der Waals surface area contributed by atoms with Gasteiger partial charge in [0.2, 0.25) is 10.0 Å². The van der Waals surface area contributed by atoms with E-state index in [2.05, 4.69) is 20.7 Å². The van der Waals surface area contributed by atoms with Gasteiger partial charge in [0.25, 0.3) is 0 Å². The predicted octanol–water partition coefficient (Wildman–Crippen LogP) is 2.35. The summed E-state index contributed by atoms with van der Waals surface area (Å²) in [6.45, 7) is 1.71. The molecule has 1 atom stereocenters. The van der Waals surface area contributed by atoms with Crippen molar-refractivity contribution in [3.05, 3.63) is 28.7 Å². The average molecular weight is 313 g/mol. The summed E-state index contributed by atoms with van der Waals surface area (Å²) >= 11 is 8.78. The lowest BCUT2D eigenvalue weighted by molar-refractivity contribution is 0.570. The highest BCUT2D eigenvalue weighted by Gasteiger charge is 2.16. The maximum atomic E-state index is 11.7. The molecule has 1 aromatic rings. The van der Waals surface area contributed by atoms with Crippen LogP contribution >= 0.6 is 27.5 Å². The first-order valence-corrected chi connectivity index (χ1v) is 7.10. The largest absolute Gasteiger partial charge is 0.240 e. The van der Waals surface area contributed by atoms with Crippen molar-refractivity contribution >= 4 is 37.6 Å². The van der Waals surface area contributed by atoms with Crippen molar-refractivity contribution < 1.29 is 8.42 Å². The SMILES string of the molecule is CC(CCl)NS(=O)(=O)c1ccc(Br)cc1. The van der Waals surface area contributed by atoms with Gasteiger partial charge in [-0.3, -0.25) is 0 Å². The Balaban J connectivity index is 2.91. The second-order valence-electron chi connectivity index (χ2n) is 3.13. The molecule has 0 heterocycles. The minimum atomic E-state index is -3.44. The number of sulfonamides is 1. The van der Waals surface area contributed by atoms with Crippen molar-refractivity contribution in [1.29, 1.82) is 0 Å². The second-order valence-corrected chi connectivity index (χ2v) is 6.07. The molecule has 0 aliphatic carbocycles. The van der Waals surface area contributed by atoms with Crippen LogP contribution in [0.2, 0.25) is 0 Å². The van der Waals surface area contributed by atoms with Crippen molar-refractivity contribution in [1.82, 2.24) is 4.72 Å². The molecule has 0 radical (unpaired) electrons. The smallest absolute Gasteiger partial charge is 0.207 e. The van der Waals surface area contributed by atoms with Crippen molar-refractivity contribution in [3.63, 3.8) is 0 Å². The van der Waals surface area contributed by atoms with Gasteiger partial charge in [0.15, 0.2) is 0 Å². The topological polar surface area (TPSA) is 46.2 Å². The van der Waals surface area contributed by atoms with Crippen LogP contribution in [-0.2, 0) is 10.0 Å². The van der Waals surface area contributed by atoms with E-state index in [-0.39, 0.29) is 16.8 Å². The Labute approximate surface area is 103 Å². The Morgan fingerprint density at radius 1 is 1.40 bits per heavy atom. The van der Waals surface area contributed by atoms with E-state index in [1.54, 1.807) is 19.1 Å². The molecule has 0 bridgehead atoms. The van der Waals surface area contributed by atoms with Crippen molar-refractivity contribution in [2.75, 3.05) is 5.88 Å². The summed E-state index contributed by atoms with van der Waals surface area (Å²) in [4.78, 5) is 0.239. The van der Waals surface area contributed by atoms with Gasteiger partial charge in [-0.1, -0.05) is 15.9 Å². The maximum Gasteiger partial charge on any atom is 0.240 e. The van der Waals surface area contributed by atoms with Crippen LogP contribution < -0.4 is 4.72 Å². The molecule has 0 spiro atoms. The molecule has 15 heavy (non-hydrogen) atoms. The molecule has 0 aliphatic heterocycles. The maximum absolute atomic E-state index is 11.7. The van der Waals surface area contributed by atoms with Crippen molar-refractivity contribution in [2.24, 2.45) is 0 Å². The zero-order valence-corrected chi connectivity index (χ0v) is 11.2. The van der Waals surface area contributed by atoms with Crippen molar-refractivity contribution in [3.8, 4) is 0 Å². The van der Waals surface area contributed by atoms with Crippen LogP contribution in [0.3, 0.4) is 0 Å². The molecular formula is C9H11BrClNO2S. The summed E-state index contributed by atoms with van der Waals surface area (Å²) in [5, 5.41) is 0. The monoisotopic (exact) mass is 311 g/mol. The summed E-state index contributed by atoms with van der Waals surface area (Å²) in [7, 11) is -3.44. The van der Waals surface area contributed by atoms with Gasteiger partial charge >= 0.3 is 0 Å². The molecule has 84 valence electrons. The molecule has 0 saturated heterocycles. The minimum Gasteiger partial charge on any atom is -0.207 e. The molecular weight excluding hydrogens is 302 g/mol. The number of hydrogen-bond donors (Lipinski definition) is 1. The lowest BCUT2D eigenvalue weighted by atomic mass is 10.4. The van der Waals surface area contributed by atoms with Gasteiger partial charge in [0, 0.05) is 16.4 Å². The molecule has 3 nitrogen and oxygen atoms in total. The molecule has 1 N–H and O–H groups in total. The van der Waals surface area contributed by atoms with Gasteiger partial charge in [-0.05, 0) is 31.2 Å². The highest BCUT2D eigenvalue weighted by atomic mass is 79.9. The van der Waals surface area contributed by atoms with Crippen LogP contribution in [-0.4, -0.2) is 20.3 Å². The quantitative estimate of drug-likeness (QED) is 0.868. The first kappa shape index (κ1) is 13.0. The van der Waals surface area contributed by atoms with Crippen LogP contribution in [0, 0.1) is 0 Å². The summed E-state index contributed by atoms with van der Waals surface area (Å²) in [5.41, 5.74) is 0. The normalized spacial score (nSPS) is 13.8. The number of halogens is 2. The lowest BCUT2D eigenvalue weighted by Gasteiger charge is -2.11. The Kier molecular flexibility index (Phi) is 4.58. The van der Waals surface area contributed by atoms with Gasteiger partial charge in [-0.25, -0.2) is 13.1 Å². The summed E-state index contributed by atoms with van der Waals surface area (Å²) < 4.78 is 26.8. The van der Waals surface area contributed by atoms with Gasteiger partial charge in [-0.2, -0.15) is 0 Å². The van der Waals surface area contributed by atoms with Crippen LogP contribution in [0.4, 0.5) is 0 Å². The fourth-order valence-electron chi connectivity index (χ4n) is 0.978. The van der Waals surface area contributed by atoms with Crippen LogP contribution in [0.15, 0.2) is 33.6 Å². The Morgan fingerprint density at radius 2 is 1.93 bits per heavy atom. The fraction of sp³-hybridized carbons (Fsp3) is 0.333. The third-order valence-electron chi connectivity index (χ3n) is 1.71. The molecule has 1 unspecified atom stereocenters. The molecule has 0 aromatic heterocycles. The van der Waals surface area contributed by atoms with E-state index in [0.29, 0.717) is 0 Å². The number of benzene rings is 1. The standard InChI is InChI=1S/C9H11BrClNO2S/c1-7(6-11)12-15(13,14)9-4-2-8(10)3-5-9/h2-5,7,12H,6H2,1H3. The molecule has 6 heteroatoms. The number of hydrogen-bond acceptors (Lipinski definition) is 2. The molecule has 0 fully saturated rings. The zero-order chi connectivity index (χ0) is 11.5. The average Bonchev–Trinajstić information content (AvgIpc) is 2.17. The second kappa shape index (κ2) is 5.30. The predicted molar refractivity (Wildman–Crippen MR) is 64.6 cm³/mol. The Hall–Kier alpha value is -0.100. The third kappa shape index (κ3) is 3.75. The van der Waals surface area contributed by atoms with Crippen molar-refractivity contribution in [2.45, 2.75) is 17.9 Å². The Morgan fingerprint density at radius 3 is 2.40 bits per heavy atom. The Bertz CT molecular complexity index is 418. The summed E-state index contributed by atoms with van der Waals surface area (Å²) in [6, 6.07) is 6.15. The summed E-state index contributed by atoms with van der Waals surface area (Å²) in [5.74, 6) is 0.246. The van der Waals surface area contributed by atoms with Gasteiger partial charge in [-0.15, -0.1) is 11.6 Å². The van der Waals surface area contributed by atoms with E-state index in [9.17, 15) is 8.42 Å². The van der Waals surface area contributed by atoms with Gasteiger partial charge in [0.1, 0.15) is 0 Å². The molecule has 1 rings (SSSR count). The van der Waals surface area contributed by atoms with E-state index in [1.165, 1.54) is 12.1 Å². The third-order valence-corrected chi connectivity index (χ3v) is 4.31. The first-order valence-electron chi connectivity index (χ1n) is 4.29. The van der Waals surface area contributed by atoms with Gasteiger partial charge in [0.05, 0.1) is 4.90 Å². The molecule has 0 aliphatic rings. The zero-order valence-electron chi connectivity index (χ0n) is 8.07. The lowest BCUT2D eigenvalue weighted by Crippen LogP contribution is -2.33. The van der Waals surface area contributed by atoms with Crippen LogP contribution in [0.5, 0.6) is 0 Å². The highest BCUT2D eigenvalue weighted by Crippen LogP contribution is 2.14. The minimum absolute atomic E-state index is 0.239. The summed E-state index contributed by atoms with van der Waals surface area (Å²) in [6.07, 6.45) is 0. The van der Waals surface area contributed by atoms with E-state index in [4.69, 9.17) is 11.6 Å². The van der Waals surface area contributed by atoms with E-state index >= 15 is 0 Å². The first-order chi connectivity index (χ1) is 6.95. The van der Waals surface area contributed by atoms with Gasteiger partial charge < -0.3 is 0 Å². The van der Waals surface area contributed by atoms with Crippen LogP contribution in [0.1, 0.15) is 6.92 Å². The van der Waals surface area contributed by atoms with E-state index in [0.717, 1.165) is 4.47 Å². The number of rotatable bonds is 4. The van der Waals surface area contributed by atoms with E-state index < -0.39 is 10.0 Å².